The largest absolute Gasteiger partial charge is 0.400 e. The van der Waals surface area contributed by atoms with E-state index in [1.807, 2.05) is 0 Å². The predicted molar refractivity (Wildman–Crippen MR) is 187 cm³/mol. The second kappa shape index (κ2) is 13.2. The summed E-state index contributed by atoms with van der Waals surface area (Å²) >= 11 is 0. The SMILES string of the molecule is Cn1c(CO[Si](c2ccccc2)(c2ccccc2)C(C)(C)C)nnc1C1CCC(c2cnn(C3CCC(N4CCC4)CC3)c2)CC1. The first kappa shape index (κ1) is 31.5. The van der Waals surface area contributed by atoms with Crippen molar-refractivity contribution in [1.82, 2.24) is 29.4 Å². The number of hydrogen-bond donors (Lipinski definition) is 0. The van der Waals surface area contributed by atoms with Crippen molar-refractivity contribution in [3.05, 3.63) is 90.3 Å². The van der Waals surface area contributed by atoms with Crippen LogP contribution in [0.15, 0.2) is 73.1 Å². The van der Waals surface area contributed by atoms with Crippen LogP contribution in [0.5, 0.6) is 0 Å². The summed E-state index contributed by atoms with van der Waals surface area (Å²) in [4.78, 5) is 2.69. The number of likely N-dealkylation sites (tertiary alicyclic amines) is 1. The molecule has 0 radical (unpaired) electrons. The van der Waals surface area contributed by atoms with Crippen molar-refractivity contribution in [3.63, 3.8) is 0 Å². The molecule has 46 heavy (non-hydrogen) atoms. The minimum atomic E-state index is -2.64. The first-order valence-corrected chi connectivity index (χ1v) is 19.7. The summed E-state index contributed by atoms with van der Waals surface area (Å²) in [7, 11) is -0.511. The number of nitrogens with zero attached hydrogens (tertiary/aromatic N) is 6. The fraction of sp³-hybridized carbons (Fsp3) is 0.553. The molecule has 7 nitrogen and oxygen atoms in total. The molecule has 3 aliphatic rings. The molecule has 8 heteroatoms. The van der Waals surface area contributed by atoms with Gasteiger partial charge in [0.05, 0.1) is 18.8 Å². The Balaban J connectivity index is 1.00. The van der Waals surface area contributed by atoms with E-state index >= 15 is 0 Å². The van der Waals surface area contributed by atoms with E-state index in [0.29, 0.717) is 24.5 Å². The fourth-order valence-electron chi connectivity index (χ4n) is 8.63. The van der Waals surface area contributed by atoms with E-state index in [9.17, 15) is 0 Å². The standard InChI is InChI=1S/C38H52N6OSi/c1-38(2,3)46(34-12-7-5-8-13-34,35-14-9-6-10-15-35)45-28-36-40-41-37(42(36)4)30-18-16-29(17-19-30)31-26-39-44(27-31)33-22-20-32(21-23-33)43-24-11-25-43/h5-10,12-15,26-27,29-30,32-33H,11,16-25,28H2,1-4H3. The maximum absolute atomic E-state index is 7.19. The molecule has 1 aliphatic heterocycles. The highest BCUT2D eigenvalue weighted by Gasteiger charge is 2.50. The van der Waals surface area contributed by atoms with E-state index in [0.717, 1.165) is 30.5 Å². The van der Waals surface area contributed by atoms with E-state index in [4.69, 9.17) is 19.7 Å². The van der Waals surface area contributed by atoms with Crippen molar-refractivity contribution in [3.8, 4) is 0 Å². The van der Waals surface area contributed by atoms with Crippen molar-refractivity contribution in [1.29, 1.82) is 0 Å². The molecule has 7 rings (SSSR count). The van der Waals surface area contributed by atoms with Gasteiger partial charge in [0.25, 0.3) is 8.32 Å². The molecule has 2 saturated carbocycles. The van der Waals surface area contributed by atoms with Gasteiger partial charge >= 0.3 is 0 Å². The third kappa shape index (κ3) is 6.04. The van der Waals surface area contributed by atoms with E-state index in [1.165, 1.54) is 74.0 Å². The van der Waals surface area contributed by atoms with Gasteiger partial charge < -0.3 is 13.9 Å². The maximum atomic E-state index is 7.19. The third-order valence-electron chi connectivity index (χ3n) is 11.5. The van der Waals surface area contributed by atoms with Gasteiger partial charge in [0.2, 0.25) is 0 Å². The van der Waals surface area contributed by atoms with Gasteiger partial charge in [-0.3, -0.25) is 4.68 Å². The van der Waals surface area contributed by atoms with E-state index in [2.05, 4.69) is 115 Å². The Bertz CT molecular complexity index is 1520. The minimum Gasteiger partial charge on any atom is -0.400 e. The van der Waals surface area contributed by atoms with Gasteiger partial charge in [-0.15, -0.1) is 10.2 Å². The summed E-state index contributed by atoms with van der Waals surface area (Å²) in [5, 5.41) is 16.9. The van der Waals surface area contributed by atoms with Crippen LogP contribution in [0.2, 0.25) is 5.04 Å². The zero-order valence-corrected chi connectivity index (χ0v) is 29.3. The molecule has 4 aromatic rings. The van der Waals surface area contributed by atoms with Crippen molar-refractivity contribution >= 4 is 18.7 Å². The normalized spacial score (nSPS) is 24.5. The van der Waals surface area contributed by atoms with Gasteiger partial charge in [0.1, 0.15) is 5.82 Å². The van der Waals surface area contributed by atoms with Gasteiger partial charge in [-0.1, -0.05) is 81.4 Å². The zero-order valence-electron chi connectivity index (χ0n) is 28.3. The second-order valence-corrected chi connectivity index (χ2v) is 19.4. The molecule has 3 heterocycles. The van der Waals surface area contributed by atoms with Gasteiger partial charge in [-0.05, 0) is 97.8 Å². The van der Waals surface area contributed by atoms with Crippen molar-refractivity contribution in [2.24, 2.45) is 7.05 Å². The molecule has 3 fully saturated rings. The first-order valence-electron chi connectivity index (χ1n) is 17.7. The Hall–Kier alpha value is -3.07. The quantitative estimate of drug-likeness (QED) is 0.191. The Labute approximate surface area is 276 Å². The highest BCUT2D eigenvalue weighted by Crippen LogP contribution is 2.41. The Kier molecular flexibility index (Phi) is 9.05. The predicted octanol–water partition coefficient (Wildman–Crippen LogP) is 6.72. The smallest absolute Gasteiger partial charge is 0.261 e. The zero-order chi connectivity index (χ0) is 31.7. The topological polar surface area (TPSA) is 61.0 Å². The second-order valence-electron chi connectivity index (χ2n) is 15.1. The molecule has 0 N–H and O–H groups in total. The summed E-state index contributed by atoms with van der Waals surface area (Å²) in [5.74, 6) is 3.04. The van der Waals surface area contributed by atoms with Crippen molar-refractivity contribution in [2.75, 3.05) is 13.1 Å². The van der Waals surface area contributed by atoms with E-state index in [-0.39, 0.29) is 5.04 Å². The van der Waals surface area contributed by atoms with Crippen LogP contribution in [0.3, 0.4) is 0 Å². The highest BCUT2D eigenvalue weighted by molar-refractivity contribution is 6.99. The van der Waals surface area contributed by atoms with Crippen LogP contribution >= 0.6 is 0 Å². The molecule has 0 amide bonds. The van der Waals surface area contributed by atoms with Crippen LogP contribution in [0.25, 0.3) is 0 Å². The molecule has 2 aromatic carbocycles. The lowest BCUT2D eigenvalue weighted by Gasteiger charge is -2.42. The molecule has 244 valence electrons. The van der Waals surface area contributed by atoms with E-state index < -0.39 is 8.32 Å². The molecular formula is C38H52N6OSi. The lowest BCUT2D eigenvalue weighted by Crippen LogP contribution is -2.66. The molecule has 2 aromatic heterocycles. The summed E-state index contributed by atoms with van der Waals surface area (Å²) in [6.45, 7) is 10.0. The Morgan fingerprint density at radius 1 is 0.761 bits per heavy atom. The molecular weight excluding hydrogens is 585 g/mol. The molecule has 0 unspecified atom stereocenters. The lowest BCUT2D eigenvalue weighted by molar-refractivity contribution is 0.0787. The summed E-state index contributed by atoms with van der Waals surface area (Å²) in [5.41, 5.74) is 1.43. The van der Waals surface area contributed by atoms with E-state index in [1.54, 1.807) is 0 Å². The van der Waals surface area contributed by atoms with Crippen LogP contribution in [0.4, 0.5) is 0 Å². The number of benzene rings is 2. The molecule has 2 aliphatic carbocycles. The number of aromatic nitrogens is 5. The first-order chi connectivity index (χ1) is 22.3. The summed E-state index contributed by atoms with van der Waals surface area (Å²) < 4.78 is 11.7. The highest BCUT2D eigenvalue weighted by atomic mass is 28.4. The number of hydrogen-bond acceptors (Lipinski definition) is 5. The molecule has 0 spiro atoms. The lowest BCUT2D eigenvalue weighted by atomic mass is 9.79. The monoisotopic (exact) mass is 636 g/mol. The Morgan fingerprint density at radius 3 is 1.91 bits per heavy atom. The summed E-state index contributed by atoms with van der Waals surface area (Å²) in [6.07, 6.45) is 15.7. The van der Waals surface area contributed by atoms with Crippen LogP contribution in [0.1, 0.15) is 114 Å². The molecule has 1 saturated heterocycles. The van der Waals surface area contributed by atoms with Gasteiger partial charge in [-0.2, -0.15) is 5.10 Å². The maximum Gasteiger partial charge on any atom is 0.261 e. The van der Waals surface area contributed by atoms with Crippen LogP contribution < -0.4 is 10.4 Å². The van der Waals surface area contributed by atoms with Crippen LogP contribution in [0, 0.1) is 0 Å². The number of rotatable bonds is 9. The third-order valence-corrected chi connectivity index (χ3v) is 16.4. The van der Waals surface area contributed by atoms with Crippen LogP contribution in [-0.2, 0) is 18.1 Å². The van der Waals surface area contributed by atoms with Crippen molar-refractivity contribution < 1.29 is 4.43 Å². The molecule has 0 bridgehead atoms. The van der Waals surface area contributed by atoms with Gasteiger partial charge in [-0.25, -0.2) is 0 Å². The van der Waals surface area contributed by atoms with Gasteiger partial charge in [0, 0.05) is 25.2 Å². The summed E-state index contributed by atoms with van der Waals surface area (Å²) in [6, 6.07) is 23.1. The van der Waals surface area contributed by atoms with Crippen LogP contribution in [-0.4, -0.2) is 56.9 Å². The average molecular weight is 637 g/mol. The molecule has 0 atom stereocenters. The minimum absolute atomic E-state index is 0.0725. The average Bonchev–Trinajstić information content (AvgIpc) is 3.69. The van der Waals surface area contributed by atoms with Gasteiger partial charge in [0.15, 0.2) is 5.82 Å². The fourth-order valence-corrected chi connectivity index (χ4v) is 13.1. The van der Waals surface area contributed by atoms with Crippen molar-refractivity contribution in [2.45, 2.75) is 114 Å². The Morgan fingerprint density at radius 2 is 1.35 bits per heavy atom.